The van der Waals surface area contributed by atoms with E-state index in [1.807, 2.05) is 42.5 Å². The fraction of sp³-hybridized carbons (Fsp3) is 0.222. The summed E-state index contributed by atoms with van der Waals surface area (Å²) < 4.78 is 0. The average molecular weight is 306 g/mol. The van der Waals surface area contributed by atoms with Crippen LogP contribution in [0.25, 0.3) is 5.69 Å². The predicted octanol–water partition coefficient (Wildman–Crippen LogP) is 2.02. The van der Waals surface area contributed by atoms with Crippen molar-refractivity contribution in [3.05, 3.63) is 77.6 Å². The number of aliphatic hydroxyl groups excluding tert-OH is 1. The Morgan fingerprint density at radius 1 is 1.09 bits per heavy atom. The summed E-state index contributed by atoms with van der Waals surface area (Å²) in [5.74, 6) is 0. The van der Waals surface area contributed by atoms with Gasteiger partial charge in [0.15, 0.2) is 0 Å². The quantitative estimate of drug-likeness (QED) is 0.774. The van der Waals surface area contributed by atoms with Gasteiger partial charge in [-0.3, -0.25) is 0 Å². The highest BCUT2D eigenvalue weighted by Crippen LogP contribution is 2.31. The van der Waals surface area contributed by atoms with Gasteiger partial charge in [0.1, 0.15) is 0 Å². The number of para-hydroxylation sites is 1. The number of hydrogen-bond donors (Lipinski definition) is 2. The van der Waals surface area contributed by atoms with Crippen molar-refractivity contribution in [3.63, 3.8) is 0 Å². The van der Waals surface area contributed by atoms with E-state index in [1.54, 1.807) is 11.0 Å². The van der Waals surface area contributed by atoms with E-state index in [0.717, 1.165) is 11.4 Å². The van der Waals surface area contributed by atoms with Gasteiger partial charge in [-0.15, -0.1) is 0 Å². The number of rotatable bonds is 4. The fourth-order valence-corrected chi connectivity index (χ4v) is 3.10. The minimum Gasteiger partial charge on any atom is -0.391 e. The molecule has 116 valence electrons. The lowest BCUT2D eigenvalue weighted by Gasteiger charge is -2.17. The summed E-state index contributed by atoms with van der Waals surface area (Å²) in [6, 6.07) is 17.9. The molecule has 0 aliphatic heterocycles. The van der Waals surface area contributed by atoms with Gasteiger partial charge < -0.3 is 10.4 Å². The second-order valence-corrected chi connectivity index (χ2v) is 5.79. The smallest absolute Gasteiger partial charge is 0.0969 e. The molecule has 23 heavy (non-hydrogen) atoms. The van der Waals surface area contributed by atoms with Gasteiger partial charge in [0.25, 0.3) is 0 Å². The van der Waals surface area contributed by atoms with E-state index in [-0.39, 0.29) is 6.04 Å². The first kappa shape index (κ1) is 14.1. The Morgan fingerprint density at radius 2 is 1.87 bits per heavy atom. The molecule has 0 radical (unpaired) electrons. The van der Waals surface area contributed by atoms with Gasteiger partial charge >= 0.3 is 0 Å². The molecule has 0 bridgehead atoms. The molecule has 4 rings (SSSR count). The average Bonchev–Trinajstić information content (AvgIpc) is 3.18. The summed E-state index contributed by atoms with van der Waals surface area (Å²) in [7, 11) is 0. The van der Waals surface area contributed by atoms with Crippen LogP contribution in [0.2, 0.25) is 0 Å². The molecule has 2 N–H and O–H groups in total. The first-order valence-electron chi connectivity index (χ1n) is 7.77. The molecule has 1 aromatic heterocycles. The standard InChI is InChI=1S/C18H18N4O/c23-17-10-13-6-4-5-9-16(13)18(17)19-11-14-12-20-22(21-14)15-7-2-1-3-8-15/h1-9,12,17-19,23H,10-11H2/t17-,18+/m0/s1. The summed E-state index contributed by atoms with van der Waals surface area (Å²) in [4.78, 5) is 1.62. The van der Waals surface area contributed by atoms with Crippen LogP contribution in [0.5, 0.6) is 0 Å². The van der Waals surface area contributed by atoms with Crippen LogP contribution >= 0.6 is 0 Å². The predicted molar refractivity (Wildman–Crippen MR) is 87.1 cm³/mol. The highest BCUT2D eigenvalue weighted by molar-refractivity contribution is 5.36. The lowest BCUT2D eigenvalue weighted by Crippen LogP contribution is -2.28. The molecule has 1 heterocycles. The molecule has 5 heteroatoms. The van der Waals surface area contributed by atoms with Gasteiger partial charge in [-0.05, 0) is 23.3 Å². The van der Waals surface area contributed by atoms with Crippen molar-refractivity contribution in [2.45, 2.75) is 25.1 Å². The Hall–Kier alpha value is -2.50. The van der Waals surface area contributed by atoms with Crippen molar-refractivity contribution in [2.24, 2.45) is 0 Å². The largest absolute Gasteiger partial charge is 0.391 e. The van der Waals surface area contributed by atoms with Gasteiger partial charge in [0, 0.05) is 13.0 Å². The van der Waals surface area contributed by atoms with Gasteiger partial charge in [-0.1, -0.05) is 42.5 Å². The molecule has 1 aliphatic rings. The maximum Gasteiger partial charge on any atom is 0.0969 e. The van der Waals surface area contributed by atoms with E-state index in [0.29, 0.717) is 13.0 Å². The van der Waals surface area contributed by atoms with Crippen LogP contribution in [-0.4, -0.2) is 26.2 Å². The van der Waals surface area contributed by atoms with Crippen LogP contribution in [-0.2, 0) is 13.0 Å². The second-order valence-electron chi connectivity index (χ2n) is 5.79. The van der Waals surface area contributed by atoms with E-state index in [4.69, 9.17) is 0 Å². The molecule has 0 unspecified atom stereocenters. The molecule has 2 aromatic carbocycles. The van der Waals surface area contributed by atoms with Crippen LogP contribution < -0.4 is 5.32 Å². The zero-order chi connectivity index (χ0) is 15.6. The Kier molecular flexibility index (Phi) is 3.65. The Bertz CT molecular complexity index is 800. The maximum atomic E-state index is 10.3. The van der Waals surface area contributed by atoms with Crippen molar-refractivity contribution >= 4 is 0 Å². The molecule has 0 fully saturated rings. The highest BCUT2D eigenvalue weighted by atomic mass is 16.3. The SMILES string of the molecule is O[C@H]1Cc2ccccc2[C@H]1NCc1cnn(-c2ccccc2)n1. The summed E-state index contributed by atoms with van der Waals surface area (Å²) in [5.41, 5.74) is 4.18. The van der Waals surface area contributed by atoms with Crippen molar-refractivity contribution < 1.29 is 5.11 Å². The first-order chi connectivity index (χ1) is 11.3. The molecular formula is C18H18N4O. The number of nitrogens with one attached hydrogen (secondary N) is 1. The van der Waals surface area contributed by atoms with Crippen LogP contribution in [0.1, 0.15) is 22.9 Å². The highest BCUT2D eigenvalue weighted by Gasteiger charge is 2.30. The molecular weight excluding hydrogens is 288 g/mol. The third kappa shape index (κ3) is 2.76. The third-order valence-electron chi connectivity index (χ3n) is 4.23. The van der Waals surface area contributed by atoms with E-state index in [9.17, 15) is 5.11 Å². The van der Waals surface area contributed by atoms with Gasteiger partial charge in [-0.25, -0.2) is 0 Å². The maximum absolute atomic E-state index is 10.3. The number of aromatic nitrogens is 3. The van der Waals surface area contributed by atoms with E-state index in [2.05, 4.69) is 27.6 Å². The summed E-state index contributed by atoms with van der Waals surface area (Å²) in [6.07, 6.45) is 2.06. The lowest BCUT2D eigenvalue weighted by molar-refractivity contribution is 0.140. The molecule has 0 saturated carbocycles. The Balaban J connectivity index is 1.47. The molecule has 0 spiro atoms. The Morgan fingerprint density at radius 3 is 2.74 bits per heavy atom. The molecule has 5 nitrogen and oxygen atoms in total. The van der Waals surface area contributed by atoms with E-state index >= 15 is 0 Å². The minimum atomic E-state index is -0.392. The van der Waals surface area contributed by atoms with Crippen molar-refractivity contribution in [3.8, 4) is 5.69 Å². The Labute approximate surface area is 134 Å². The van der Waals surface area contributed by atoms with Crippen molar-refractivity contribution in [2.75, 3.05) is 0 Å². The van der Waals surface area contributed by atoms with Gasteiger partial charge in [0.2, 0.25) is 0 Å². The number of aliphatic hydroxyl groups is 1. The molecule has 3 aromatic rings. The topological polar surface area (TPSA) is 63.0 Å². The molecule has 1 aliphatic carbocycles. The normalized spacial score (nSPS) is 19.7. The van der Waals surface area contributed by atoms with Crippen LogP contribution in [0.4, 0.5) is 0 Å². The third-order valence-corrected chi connectivity index (χ3v) is 4.23. The lowest BCUT2D eigenvalue weighted by atomic mass is 10.1. The molecule has 2 atom stereocenters. The zero-order valence-electron chi connectivity index (χ0n) is 12.6. The first-order valence-corrected chi connectivity index (χ1v) is 7.77. The summed E-state index contributed by atoms with van der Waals surface area (Å²) in [5, 5.41) is 22.5. The summed E-state index contributed by atoms with van der Waals surface area (Å²) in [6.45, 7) is 0.572. The number of fused-ring (bicyclic) bond motifs is 1. The second kappa shape index (κ2) is 5.95. The number of hydrogen-bond acceptors (Lipinski definition) is 4. The molecule has 0 saturated heterocycles. The monoisotopic (exact) mass is 306 g/mol. The summed E-state index contributed by atoms with van der Waals surface area (Å²) >= 11 is 0. The van der Waals surface area contributed by atoms with Crippen LogP contribution in [0.15, 0.2) is 60.8 Å². The molecule has 0 amide bonds. The van der Waals surface area contributed by atoms with Crippen molar-refractivity contribution in [1.29, 1.82) is 0 Å². The van der Waals surface area contributed by atoms with Crippen LogP contribution in [0, 0.1) is 0 Å². The van der Waals surface area contributed by atoms with Crippen LogP contribution in [0.3, 0.4) is 0 Å². The van der Waals surface area contributed by atoms with E-state index < -0.39 is 6.10 Å². The fourth-order valence-electron chi connectivity index (χ4n) is 3.10. The van der Waals surface area contributed by atoms with Gasteiger partial charge in [0.05, 0.1) is 29.7 Å². The minimum absolute atomic E-state index is 0.0481. The van der Waals surface area contributed by atoms with Gasteiger partial charge in [-0.2, -0.15) is 15.0 Å². The van der Waals surface area contributed by atoms with Crippen molar-refractivity contribution in [1.82, 2.24) is 20.3 Å². The van der Waals surface area contributed by atoms with E-state index in [1.165, 1.54) is 11.1 Å². The number of nitrogens with zero attached hydrogens (tertiary/aromatic N) is 3. The zero-order valence-corrected chi connectivity index (χ0v) is 12.6. The number of benzene rings is 2.